The number of nitrogens with zero attached hydrogens (tertiary/aromatic N) is 8. The van der Waals surface area contributed by atoms with Crippen LogP contribution in [-0.4, -0.2) is 71.6 Å². The fourth-order valence-corrected chi connectivity index (χ4v) is 5.38. The van der Waals surface area contributed by atoms with Gasteiger partial charge in [-0.3, -0.25) is 4.79 Å². The van der Waals surface area contributed by atoms with E-state index >= 15 is 0 Å². The molecule has 0 radical (unpaired) electrons. The molecule has 6 rings (SSSR count). The normalized spacial score (nSPS) is 16.1. The van der Waals surface area contributed by atoms with Gasteiger partial charge in [0.2, 0.25) is 0 Å². The molecule has 0 spiro atoms. The highest BCUT2D eigenvalue weighted by atomic mass is 19.1. The van der Waals surface area contributed by atoms with Gasteiger partial charge in [0.15, 0.2) is 5.65 Å². The second-order valence-corrected chi connectivity index (χ2v) is 10.4. The second kappa shape index (κ2) is 11.5. The molecule has 1 fully saturated rings. The molecule has 43 heavy (non-hydrogen) atoms. The van der Waals surface area contributed by atoms with Crippen molar-refractivity contribution in [2.45, 2.75) is 32.0 Å². The minimum absolute atomic E-state index is 0.0143. The van der Waals surface area contributed by atoms with Crippen LogP contribution in [0.1, 0.15) is 28.8 Å². The fraction of sp³-hybridized carbons (Fsp3) is 0.276. The molecule has 3 aromatic heterocycles. The quantitative estimate of drug-likeness (QED) is 0.279. The van der Waals surface area contributed by atoms with Crippen molar-refractivity contribution in [1.29, 1.82) is 0 Å². The van der Waals surface area contributed by atoms with Crippen LogP contribution in [0.25, 0.3) is 22.3 Å². The molecular weight excluding hydrogens is 555 g/mol. The third-order valence-corrected chi connectivity index (χ3v) is 7.84. The van der Waals surface area contributed by atoms with Crippen molar-refractivity contribution in [2.24, 2.45) is 5.92 Å². The number of halogens is 1. The topological polar surface area (TPSA) is 159 Å². The lowest BCUT2D eigenvalue weighted by molar-refractivity contribution is 0.0891. The van der Waals surface area contributed by atoms with Gasteiger partial charge in [-0.1, -0.05) is 24.3 Å². The van der Waals surface area contributed by atoms with Crippen molar-refractivity contribution in [3.05, 3.63) is 78.4 Å². The lowest BCUT2D eigenvalue weighted by Crippen LogP contribution is -2.50. The molecule has 2 aromatic carbocycles. The highest BCUT2D eigenvalue weighted by Gasteiger charge is 2.37. The Kier molecular flexibility index (Phi) is 7.40. The number of hydrogen-bond acceptors (Lipinski definition) is 9. The summed E-state index contributed by atoms with van der Waals surface area (Å²) < 4.78 is 21.9. The Balaban J connectivity index is 1.19. The van der Waals surface area contributed by atoms with Crippen LogP contribution in [0, 0.1) is 11.7 Å². The number of carbonyl (C=O) groups excluding carboxylic acids is 2. The largest absolute Gasteiger partial charge is 0.496 e. The van der Waals surface area contributed by atoms with E-state index in [9.17, 15) is 14.0 Å². The van der Waals surface area contributed by atoms with Crippen LogP contribution < -0.4 is 15.8 Å². The van der Waals surface area contributed by atoms with Crippen LogP contribution in [0.2, 0.25) is 0 Å². The summed E-state index contributed by atoms with van der Waals surface area (Å²) >= 11 is 0. The van der Waals surface area contributed by atoms with Crippen molar-refractivity contribution in [3.63, 3.8) is 0 Å². The number of aromatic nitrogens is 7. The Morgan fingerprint density at radius 1 is 1.14 bits per heavy atom. The molecule has 1 aliphatic carbocycles. The number of fused-ring (bicyclic) bond motifs is 1. The zero-order valence-electron chi connectivity index (χ0n) is 23.5. The summed E-state index contributed by atoms with van der Waals surface area (Å²) in [5.41, 5.74) is 9.30. The maximum atomic E-state index is 13.7. The molecule has 220 valence electrons. The number of hydrogen-bond donors (Lipinski definition) is 2. The number of nitrogens with two attached hydrogens (primary N) is 1. The van der Waals surface area contributed by atoms with Crippen LogP contribution in [-0.2, 0) is 13.1 Å². The Labute approximate surface area is 245 Å². The second-order valence-electron chi connectivity index (χ2n) is 10.4. The molecule has 1 saturated carbocycles. The van der Waals surface area contributed by atoms with Crippen molar-refractivity contribution in [1.82, 2.24) is 44.7 Å². The van der Waals surface area contributed by atoms with Gasteiger partial charge in [0.25, 0.3) is 5.91 Å². The number of methoxy groups -OCH3 is 1. The van der Waals surface area contributed by atoms with E-state index in [2.05, 4.69) is 25.4 Å². The molecule has 2 unspecified atom stereocenters. The van der Waals surface area contributed by atoms with Gasteiger partial charge in [0.05, 0.1) is 18.1 Å². The first-order valence-electron chi connectivity index (χ1n) is 13.6. The van der Waals surface area contributed by atoms with Crippen molar-refractivity contribution in [2.75, 3.05) is 19.9 Å². The van der Waals surface area contributed by atoms with Gasteiger partial charge in [-0.25, -0.2) is 28.8 Å². The summed E-state index contributed by atoms with van der Waals surface area (Å²) in [6.45, 7) is 0.767. The monoisotopic (exact) mass is 584 g/mol. The van der Waals surface area contributed by atoms with E-state index in [1.165, 1.54) is 42.9 Å². The van der Waals surface area contributed by atoms with Crippen LogP contribution >= 0.6 is 0 Å². The lowest BCUT2D eigenvalue weighted by atomic mass is 9.78. The van der Waals surface area contributed by atoms with Crippen molar-refractivity contribution >= 4 is 28.8 Å². The van der Waals surface area contributed by atoms with Gasteiger partial charge in [-0.05, 0) is 42.5 Å². The summed E-state index contributed by atoms with van der Waals surface area (Å²) in [6.07, 6.45) is 5.93. The van der Waals surface area contributed by atoms with Crippen molar-refractivity contribution in [3.8, 4) is 17.0 Å². The molecule has 0 aliphatic heterocycles. The molecule has 2 amide bonds. The third-order valence-electron chi connectivity index (χ3n) is 7.84. The Bertz CT molecular complexity index is 1790. The molecule has 0 saturated heterocycles. The Morgan fingerprint density at radius 2 is 1.95 bits per heavy atom. The maximum absolute atomic E-state index is 13.7. The van der Waals surface area contributed by atoms with E-state index in [1.807, 2.05) is 28.9 Å². The highest BCUT2D eigenvalue weighted by molar-refractivity contribution is 5.98. The molecular formula is C29H29FN10O3. The van der Waals surface area contributed by atoms with Gasteiger partial charge in [-0.15, -0.1) is 0 Å². The average molecular weight is 585 g/mol. The first kappa shape index (κ1) is 27.8. The molecule has 2 atom stereocenters. The summed E-state index contributed by atoms with van der Waals surface area (Å²) in [6, 6.07) is 11.1. The molecule has 14 heteroatoms. The number of nitrogens with one attached hydrogen (secondary N) is 1. The zero-order valence-corrected chi connectivity index (χ0v) is 23.5. The summed E-state index contributed by atoms with van der Waals surface area (Å²) in [5.74, 6) is -0.205. The zero-order chi connectivity index (χ0) is 30.1. The Morgan fingerprint density at radius 3 is 2.65 bits per heavy atom. The van der Waals surface area contributed by atoms with Crippen LogP contribution in [0.3, 0.4) is 0 Å². The predicted molar refractivity (Wildman–Crippen MR) is 154 cm³/mol. The number of anilines is 1. The lowest BCUT2D eigenvalue weighted by Gasteiger charge is -2.42. The van der Waals surface area contributed by atoms with E-state index in [0.29, 0.717) is 29.1 Å². The van der Waals surface area contributed by atoms with E-state index in [1.54, 1.807) is 11.9 Å². The first-order chi connectivity index (χ1) is 20.8. The SMILES string of the molecule is COc1ccc(F)cc1C(=O)NCc1ccc(-c2nn(CC3CCC3N(C)C(=O)n3cncn3)c3ncnc(N)c23)cc1. The third kappa shape index (κ3) is 5.34. The van der Waals surface area contributed by atoms with E-state index in [0.717, 1.165) is 30.0 Å². The van der Waals surface area contributed by atoms with E-state index < -0.39 is 11.7 Å². The highest BCUT2D eigenvalue weighted by Crippen LogP contribution is 2.36. The number of nitrogen functional groups attached to an aromatic ring is 1. The number of carbonyl (C=O) groups is 2. The van der Waals surface area contributed by atoms with Gasteiger partial charge in [0.1, 0.15) is 42.1 Å². The van der Waals surface area contributed by atoms with Crippen LogP contribution in [0.15, 0.2) is 61.4 Å². The van der Waals surface area contributed by atoms with Gasteiger partial charge in [0, 0.05) is 31.7 Å². The Hall–Kier alpha value is -5.40. The summed E-state index contributed by atoms with van der Waals surface area (Å²) in [5, 5.41) is 12.3. The minimum atomic E-state index is -0.523. The molecule has 5 aromatic rings. The van der Waals surface area contributed by atoms with Gasteiger partial charge < -0.3 is 20.7 Å². The van der Waals surface area contributed by atoms with Gasteiger partial charge >= 0.3 is 6.03 Å². The van der Waals surface area contributed by atoms with Gasteiger partial charge in [-0.2, -0.15) is 14.9 Å². The smallest absolute Gasteiger partial charge is 0.346 e. The summed E-state index contributed by atoms with van der Waals surface area (Å²) in [7, 11) is 3.20. The number of ether oxygens (including phenoxy) is 1. The molecule has 3 N–H and O–H groups in total. The fourth-order valence-electron chi connectivity index (χ4n) is 5.38. The van der Waals surface area contributed by atoms with Crippen LogP contribution in [0.5, 0.6) is 5.75 Å². The minimum Gasteiger partial charge on any atom is -0.496 e. The maximum Gasteiger partial charge on any atom is 0.346 e. The van der Waals surface area contributed by atoms with Crippen LogP contribution in [0.4, 0.5) is 15.0 Å². The summed E-state index contributed by atoms with van der Waals surface area (Å²) in [4.78, 5) is 39.7. The molecule has 13 nitrogen and oxygen atoms in total. The number of benzene rings is 2. The predicted octanol–water partition coefficient (Wildman–Crippen LogP) is 3.12. The molecule has 3 heterocycles. The first-order valence-corrected chi connectivity index (χ1v) is 13.6. The number of rotatable bonds is 8. The van der Waals surface area contributed by atoms with E-state index in [-0.39, 0.29) is 35.8 Å². The number of amides is 2. The standard InChI is InChI=1S/C29H29FN10O3/c1-38(29(42)40-16-32-14-36-40)22-9-7-19(22)13-39-27-24(26(31)34-15-35-27)25(37-39)18-5-3-17(4-6-18)12-33-28(41)21-11-20(30)8-10-23(21)43-2/h3-6,8,10-11,14-16,19,22H,7,9,12-13H2,1-2H3,(H,33,41)(H2,31,34,35). The average Bonchev–Trinajstić information content (AvgIpc) is 3.67. The van der Waals surface area contributed by atoms with E-state index in [4.69, 9.17) is 15.6 Å². The molecule has 1 aliphatic rings. The van der Waals surface area contributed by atoms with Crippen molar-refractivity contribution < 1.29 is 18.7 Å². The molecule has 0 bridgehead atoms.